The molecule has 1 atom stereocenters. The normalized spacial score (nSPS) is 16.2. The molecule has 2 aromatic carbocycles. The minimum absolute atomic E-state index is 0.00922. The fourth-order valence-corrected chi connectivity index (χ4v) is 4.27. The van der Waals surface area contributed by atoms with Gasteiger partial charge in [-0.3, -0.25) is 4.79 Å². The SMILES string of the molecule is Cc1ccccc1C1CC(=O)c2c(nc3c(cnn3-c3ccccc3F)c2N)C1. The summed E-state index contributed by atoms with van der Waals surface area (Å²) in [6, 6.07) is 14.5. The molecule has 5 nitrogen and oxygen atoms in total. The van der Waals surface area contributed by atoms with Crippen LogP contribution in [0.4, 0.5) is 10.1 Å². The molecule has 2 aromatic heterocycles. The quantitative estimate of drug-likeness (QED) is 0.555. The maximum Gasteiger partial charge on any atom is 0.167 e. The number of benzene rings is 2. The zero-order valence-corrected chi connectivity index (χ0v) is 15.9. The number of anilines is 1. The van der Waals surface area contributed by atoms with E-state index in [1.165, 1.54) is 10.7 Å². The number of ketones is 1. The molecule has 0 spiro atoms. The summed E-state index contributed by atoms with van der Waals surface area (Å²) in [6.45, 7) is 2.05. The van der Waals surface area contributed by atoms with E-state index in [4.69, 9.17) is 10.7 Å². The lowest BCUT2D eigenvalue weighted by Gasteiger charge is -2.25. The predicted molar refractivity (Wildman–Crippen MR) is 110 cm³/mol. The van der Waals surface area contributed by atoms with E-state index in [-0.39, 0.29) is 11.7 Å². The Morgan fingerprint density at radius 3 is 2.66 bits per heavy atom. The summed E-state index contributed by atoms with van der Waals surface area (Å²) < 4.78 is 15.8. The zero-order chi connectivity index (χ0) is 20.1. The molecule has 0 aliphatic heterocycles. The number of hydrogen-bond acceptors (Lipinski definition) is 4. The summed E-state index contributed by atoms with van der Waals surface area (Å²) in [5.74, 6) is -0.361. The Morgan fingerprint density at radius 1 is 1.10 bits per heavy atom. The van der Waals surface area contributed by atoms with Gasteiger partial charge in [0, 0.05) is 6.42 Å². The van der Waals surface area contributed by atoms with Gasteiger partial charge in [-0.2, -0.15) is 5.10 Å². The molecule has 6 heteroatoms. The van der Waals surface area contributed by atoms with E-state index in [0.29, 0.717) is 46.5 Å². The van der Waals surface area contributed by atoms with E-state index < -0.39 is 5.82 Å². The standard InChI is InChI=1S/C23H19FN4O/c1-13-6-2-3-7-15(13)14-10-18-21(20(29)11-14)22(25)16-12-26-28(23(16)27-18)19-9-5-4-8-17(19)24/h2-9,12,14H,10-11H2,1H3,(H2,25,27). The average Bonchev–Trinajstić information content (AvgIpc) is 3.12. The van der Waals surface area contributed by atoms with Crippen LogP contribution in [0.25, 0.3) is 16.7 Å². The van der Waals surface area contributed by atoms with Gasteiger partial charge in [0.1, 0.15) is 11.5 Å². The topological polar surface area (TPSA) is 73.8 Å². The van der Waals surface area contributed by atoms with E-state index in [1.54, 1.807) is 24.4 Å². The van der Waals surface area contributed by atoms with Crippen molar-refractivity contribution >= 4 is 22.5 Å². The number of carbonyl (C=O) groups is 1. The van der Waals surface area contributed by atoms with E-state index in [0.717, 1.165) is 11.1 Å². The molecule has 2 heterocycles. The number of nitrogens with zero attached hydrogens (tertiary/aromatic N) is 3. The van der Waals surface area contributed by atoms with Crippen LogP contribution in [-0.2, 0) is 6.42 Å². The highest BCUT2D eigenvalue weighted by molar-refractivity contribution is 6.09. The summed E-state index contributed by atoms with van der Waals surface area (Å²) in [7, 11) is 0. The largest absolute Gasteiger partial charge is 0.397 e. The van der Waals surface area contributed by atoms with Crippen LogP contribution in [0.3, 0.4) is 0 Å². The molecule has 0 bridgehead atoms. The van der Waals surface area contributed by atoms with E-state index in [2.05, 4.69) is 11.2 Å². The molecule has 1 aliphatic carbocycles. The van der Waals surface area contributed by atoms with Crippen molar-refractivity contribution in [3.63, 3.8) is 0 Å². The van der Waals surface area contributed by atoms with Crippen LogP contribution in [0.5, 0.6) is 0 Å². The number of nitrogens with two attached hydrogens (primary N) is 1. The van der Waals surface area contributed by atoms with Crippen molar-refractivity contribution in [2.24, 2.45) is 0 Å². The van der Waals surface area contributed by atoms with Gasteiger partial charge < -0.3 is 5.73 Å². The summed E-state index contributed by atoms with van der Waals surface area (Å²) >= 11 is 0. The van der Waals surface area contributed by atoms with E-state index in [9.17, 15) is 9.18 Å². The first-order valence-corrected chi connectivity index (χ1v) is 9.54. The van der Waals surface area contributed by atoms with Crippen molar-refractivity contribution in [3.05, 3.63) is 82.9 Å². The zero-order valence-electron chi connectivity index (χ0n) is 15.9. The van der Waals surface area contributed by atoms with Gasteiger partial charge in [0.25, 0.3) is 0 Å². The Bertz CT molecular complexity index is 1280. The Hall–Kier alpha value is -3.54. The molecule has 144 valence electrons. The lowest BCUT2D eigenvalue weighted by molar-refractivity contribution is 0.0964. The fraction of sp³-hybridized carbons (Fsp3) is 0.174. The molecule has 0 fully saturated rings. The number of fused-ring (bicyclic) bond motifs is 2. The van der Waals surface area contributed by atoms with Crippen molar-refractivity contribution in [2.75, 3.05) is 5.73 Å². The number of Topliss-reactive ketones (excluding diaryl/α,β-unsaturated/α-hetero) is 1. The summed E-state index contributed by atoms with van der Waals surface area (Å²) in [4.78, 5) is 17.7. The number of aromatic nitrogens is 3. The van der Waals surface area contributed by atoms with Gasteiger partial charge in [0.2, 0.25) is 0 Å². The number of nitrogen functional groups attached to an aromatic ring is 1. The van der Waals surface area contributed by atoms with Gasteiger partial charge >= 0.3 is 0 Å². The van der Waals surface area contributed by atoms with Gasteiger partial charge in [-0.05, 0) is 42.5 Å². The third-order valence-electron chi connectivity index (χ3n) is 5.69. The van der Waals surface area contributed by atoms with Gasteiger partial charge in [0.15, 0.2) is 11.4 Å². The monoisotopic (exact) mass is 386 g/mol. The molecule has 1 aliphatic rings. The number of aryl methyl sites for hydroxylation is 1. The van der Waals surface area contributed by atoms with Crippen LogP contribution < -0.4 is 5.73 Å². The van der Waals surface area contributed by atoms with E-state index in [1.807, 2.05) is 25.1 Å². The minimum atomic E-state index is -0.399. The smallest absolute Gasteiger partial charge is 0.167 e. The second-order valence-electron chi connectivity index (χ2n) is 7.48. The van der Waals surface area contributed by atoms with Gasteiger partial charge in [-0.25, -0.2) is 14.1 Å². The van der Waals surface area contributed by atoms with Crippen LogP contribution in [0.15, 0.2) is 54.7 Å². The number of hydrogen-bond donors (Lipinski definition) is 1. The number of rotatable bonds is 2. The first-order valence-electron chi connectivity index (χ1n) is 9.54. The van der Waals surface area contributed by atoms with Crippen LogP contribution in [0, 0.1) is 12.7 Å². The average molecular weight is 386 g/mol. The molecule has 0 saturated heterocycles. The number of para-hydroxylation sites is 1. The Balaban J connectivity index is 1.68. The van der Waals surface area contributed by atoms with Crippen molar-refractivity contribution in [1.29, 1.82) is 0 Å². The summed E-state index contributed by atoms with van der Waals surface area (Å²) in [5.41, 5.74) is 10.9. The highest BCUT2D eigenvalue weighted by atomic mass is 19.1. The van der Waals surface area contributed by atoms with Crippen molar-refractivity contribution in [1.82, 2.24) is 14.8 Å². The van der Waals surface area contributed by atoms with Crippen LogP contribution >= 0.6 is 0 Å². The Labute approximate surface area is 167 Å². The second-order valence-corrected chi connectivity index (χ2v) is 7.48. The number of carbonyl (C=O) groups excluding carboxylic acids is 1. The first kappa shape index (κ1) is 17.6. The fourth-order valence-electron chi connectivity index (χ4n) is 4.27. The van der Waals surface area contributed by atoms with Crippen molar-refractivity contribution in [2.45, 2.75) is 25.7 Å². The van der Waals surface area contributed by atoms with Crippen molar-refractivity contribution in [3.8, 4) is 5.69 Å². The molecule has 2 N–H and O–H groups in total. The molecular weight excluding hydrogens is 367 g/mol. The Kier molecular flexibility index (Phi) is 3.94. The van der Waals surface area contributed by atoms with E-state index >= 15 is 0 Å². The lowest BCUT2D eigenvalue weighted by Crippen LogP contribution is -2.22. The Morgan fingerprint density at radius 2 is 1.86 bits per heavy atom. The molecule has 4 aromatic rings. The second kappa shape index (κ2) is 6.51. The molecule has 0 saturated carbocycles. The third-order valence-corrected chi connectivity index (χ3v) is 5.69. The first-order chi connectivity index (χ1) is 14.0. The van der Waals surface area contributed by atoms with Crippen LogP contribution in [0.2, 0.25) is 0 Å². The molecule has 5 rings (SSSR count). The molecular formula is C23H19FN4O. The third kappa shape index (κ3) is 2.71. The molecule has 0 radical (unpaired) electrons. The highest BCUT2D eigenvalue weighted by Crippen LogP contribution is 2.38. The van der Waals surface area contributed by atoms with Crippen LogP contribution in [-0.4, -0.2) is 20.5 Å². The molecule has 0 amide bonds. The van der Waals surface area contributed by atoms with Gasteiger partial charge in [0.05, 0.1) is 28.5 Å². The number of pyridine rings is 1. The number of halogens is 1. The summed E-state index contributed by atoms with van der Waals surface area (Å²) in [6.07, 6.45) is 2.55. The predicted octanol–water partition coefficient (Wildman–Crippen LogP) is 4.36. The van der Waals surface area contributed by atoms with Gasteiger partial charge in [-0.1, -0.05) is 36.4 Å². The highest BCUT2D eigenvalue weighted by Gasteiger charge is 2.31. The molecule has 1 unspecified atom stereocenters. The molecule has 29 heavy (non-hydrogen) atoms. The van der Waals surface area contributed by atoms with Crippen molar-refractivity contribution < 1.29 is 9.18 Å². The maximum absolute atomic E-state index is 14.3. The van der Waals surface area contributed by atoms with Crippen LogP contribution in [0.1, 0.15) is 39.5 Å². The summed E-state index contributed by atoms with van der Waals surface area (Å²) in [5, 5.41) is 4.86. The van der Waals surface area contributed by atoms with Gasteiger partial charge in [-0.15, -0.1) is 0 Å². The lowest BCUT2D eigenvalue weighted by atomic mass is 9.79. The maximum atomic E-state index is 14.3. The minimum Gasteiger partial charge on any atom is -0.397 e.